The first-order chi connectivity index (χ1) is 15.2. The molecule has 1 heterocycles. The van der Waals surface area contributed by atoms with Gasteiger partial charge in [-0.2, -0.15) is 5.10 Å². The zero-order valence-corrected chi connectivity index (χ0v) is 17.4. The predicted molar refractivity (Wildman–Crippen MR) is 121 cm³/mol. The van der Waals surface area contributed by atoms with Crippen LogP contribution in [0, 0.1) is 0 Å². The van der Waals surface area contributed by atoms with Gasteiger partial charge in [0.2, 0.25) is 0 Å². The quantitative estimate of drug-likeness (QED) is 0.290. The largest absolute Gasteiger partial charge is 0.490 e. The molecule has 0 aliphatic carbocycles. The van der Waals surface area contributed by atoms with Crippen LogP contribution in [0.2, 0.25) is 0 Å². The van der Waals surface area contributed by atoms with Gasteiger partial charge in [-0.05, 0) is 42.3 Å². The van der Waals surface area contributed by atoms with E-state index in [0.717, 1.165) is 23.4 Å². The molecule has 0 saturated carbocycles. The molecular formula is C26H24N2O3. The zero-order valence-electron chi connectivity index (χ0n) is 17.4. The Morgan fingerprint density at radius 2 is 1.61 bits per heavy atom. The van der Waals surface area contributed by atoms with Crippen molar-refractivity contribution < 1.29 is 14.3 Å². The number of hydrogen-bond acceptors (Lipinski definition) is 4. The highest BCUT2D eigenvalue weighted by atomic mass is 16.6. The van der Waals surface area contributed by atoms with Gasteiger partial charge in [-0.25, -0.2) is 9.48 Å². The Kier molecular flexibility index (Phi) is 6.43. The highest BCUT2D eigenvalue weighted by molar-refractivity contribution is 5.89. The van der Waals surface area contributed by atoms with Crippen LogP contribution in [0.1, 0.15) is 23.0 Å². The summed E-state index contributed by atoms with van der Waals surface area (Å²) in [5, 5.41) is 4.65. The molecule has 156 valence electrons. The molecule has 4 rings (SSSR count). The van der Waals surface area contributed by atoms with Crippen molar-refractivity contribution in [3.8, 4) is 22.7 Å². The van der Waals surface area contributed by atoms with Crippen LogP contribution >= 0.6 is 0 Å². The molecule has 0 amide bonds. The first kappa shape index (κ1) is 20.4. The number of aromatic nitrogens is 2. The number of nitrogens with zero attached hydrogens (tertiary/aromatic N) is 2. The minimum Gasteiger partial charge on any atom is -0.490 e. The molecule has 0 saturated heterocycles. The number of esters is 1. The molecule has 0 aliphatic heterocycles. The maximum Gasteiger partial charge on any atom is 0.357 e. The van der Waals surface area contributed by atoms with Gasteiger partial charge in [0.05, 0.1) is 11.4 Å². The van der Waals surface area contributed by atoms with Crippen molar-refractivity contribution in [2.75, 3.05) is 13.2 Å². The van der Waals surface area contributed by atoms with E-state index in [-0.39, 0.29) is 13.2 Å². The average Bonchev–Trinajstić information content (AvgIpc) is 3.29. The number of benzene rings is 3. The minimum absolute atomic E-state index is 0.149. The van der Waals surface area contributed by atoms with Crippen molar-refractivity contribution in [2.24, 2.45) is 0 Å². The van der Waals surface area contributed by atoms with E-state index < -0.39 is 5.97 Å². The summed E-state index contributed by atoms with van der Waals surface area (Å²) < 4.78 is 12.8. The minimum atomic E-state index is -0.440. The highest BCUT2D eigenvalue weighted by Gasteiger charge is 2.19. The number of carbonyl (C=O) groups is 1. The summed E-state index contributed by atoms with van der Waals surface area (Å²) in [6, 6.07) is 29.0. The summed E-state index contributed by atoms with van der Waals surface area (Å²) in [7, 11) is 0. The molecule has 5 heteroatoms. The van der Waals surface area contributed by atoms with Crippen LogP contribution < -0.4 is 4.74 Å². The smallest absolute Gasteiger partial charge is 0.357 e. The van der Waals surface area contributed by atoms with Gasteiger partial charge in [-0.3, -0.25) is 0 Å². The Bertz CT molecular complexity index is 1140. The number of para-hydroxylation sites is 1. The van der Waals surface area contributed by atoms with E-state index in [4.69, 9.17) is 9.47 Å². The summed E-state index contributed by atoms with van der Waals surface area (Å²) >= 11 is 0. The molecule has 1 aromatic heterocycles. The lowest BCUT2D eigenvalue weighted by atomic mass is 10.1. The topological polar surface area (TPSA) is 53.4 Å². The normalized spacial score (nSPS) is 10.6. The van der Waals surface area contributed by atoms with Crippen LogP contribution in [0.25, 0.3) is 16.9 Å². The van der Waals surface area contributed by atoms with E-state index in [1.165, 1.54) is 5.56 Å². The number of aryl methyl sites for hydroxylation is 1. The van der Waals surface area contributed by atoms with Crippen molar-refractivity contribution >= 4 is 5.97 Å². The maximum absolute atomic E-state index is 12.9. The first-order valence-electron chi connectivity index (χ1n) is 10.3. The van der Waals surface area contributed by atoms with E-state index >= 15 is 0 Å². The lowest BCUT2D eigenvalue weighted by Crippen LogP contribution is -2.16. The van der Waals surface area contributed by atoms with Crippen LogP contribution in [-0.2, 0) is 11.2 Å². The molecule has 0 N–H and O–H groups in total. The van der Waals surface area contributed by atoms with Crippen molar-refractivity contribution in [3.63, 3.8) is 0 Å². The van der Waals surface area contributed by atoms with E-state index in [2.05, 4.69) is 18.1 Å². The van der Waals surface area contributed by atoms with Crippen LogP contribution in [-0.4, -0.2) is 29.0 Å². The second kappa shape index (κ2) is 9.76. The molecule has 0 unspecified atom stereocenters. The van der Waals surface area contributed by atoms with E-state index in [1.54, 1.807) is 10.7 Å². The molecule has 0 bridgehead atoms. The molecule has 0 aliphatic rings. The van der Waals surface area contributed by atoms with Gasteiger partial charge in [0.25, 0.3) is 0 Å². The van der Waals surface area contributed by atoms with E-state index in [9.17, 15) is 4.79 Å². The molecule has 3 aromatic carbocycles. The Morgan fingerprint density at radius 1 is 0.871 bits per heavy atom. The summed E-state index contributed by atoms with van der Waals surface area (Å²) in [5.41, 5.74) is 4.02. The third kappa shape index (κ3) is 5.01. The van der Waals surface area contributed by atoms with Crippen molar-refractivity contribution in [2.45, 2.75) is 13.3 Å². The second-order valence-corrected chi connectivity index (χ2v) is 7.01. The fourth-order valence-electron chi connectivity index (χ4n) is 3.27. The molecule has 4 aromatic rings. The van der Waals surface area contributed by atoms with Crippen LogP contribution in [0.4, 0.5) is 0 Å². The molecule has 5 nitrogen and oxygen atoms in total. The summed E-state index contributed by atoms with van der Waals surface area (Å²) in [5.74, 6) is 0.334. The number of carbonyl (C=O) groups excluding carboxylic acids is 1. The van der Waals surface area contributed by atoms with Gasteiger partial charge in [0.15, 0.2) is 5.69 Å². The Morgan fingerprint density at radius 3 is 2.35 bits per heavy atom. The van der Waals surface area contributed by atoms with Crippen LogP contribution in [0.15, 0.2) is 91.0 Å². The zero-order chi connectivity index (χ0) is 21.5. The van der Waals surface area contributed by atoms with E-state index in [0.29, 0.717) is 11.4 Å². The Labute approximate surface area is 181 Å². The lowest BCUT2D eigenvalue weighted by molar-refractivity contribution is 0.0440. The van der Waals surface area contributed by atoms with Crippen molar-refractivity contribution in [1.82, 2.24) is 9.78 Å². The van der Waals surface area contributed by atoms with Crippen molar-refractivity contribution in [1.29, 1.82) is 0 Å². The Balaban J connectivity index is 1.48. The highest BCUT2D eigenvalue weighted by Crippen LogP contribution is 2.22. The monoisotopic (exact) mass is 412 g/mol. The van der Waals surface area contributed by atoms with Gasteiger partial charge >= 0.3 is 5.97 Å². The number of hydrogen-bond donors (Lipinski definition) is 0. The molecule has 0 atom stereocenters. The number of rotatable bonds is 8. The average molecular weight is 412 g/mol. The Hall–Kier alpha value is -3.86. The van der Waals surface area contributed by atoms with Gasteiger partial charge in [-0.1, -0.05) is 67.6 Å². The molecular weight excluding hydrogens is 388 g/mol. The summed E-state index contributed by atoms with van der Waals surface area (Å²) in [6.45, 7) is 2.53. The third-order valence-electron chi connectivity index (χ3n) is 4.88. The van der Waals surface area contributed by atoms with Gasteiger partial charge in [0.1, 0.15) is 19.0 Å². The molecule has 31 heavy (non-hydrogen) atoms. The first-order valence-corrected chi connectivity index (χ1v) is 10.3. The molecule has 0 fully saturated rings. The van der Waals surface area contributed by atoms with Gasteiger partial charge < -0.3 is 9.47 Å². The fraction of sp³-hybridized carbons (Fsp3) is 0.154. The number of ether oxygens (including phenoxy) is 2. The fourth-order valence-corrected chi connectivity index (χ4v) is 3.27. The predicted octanol–water partition coefficient (Wildman–Crippen LogP) is 5.34. The SMILES string of the molecule is CCc1cccc(OCCOC(=O)c2cc(-c3ccccc3)nn2-c2ccccc2)c1. The van der Waals surface area contributed by atoms with Crippen LogP contribution in [0.5, 0.6) is 5.75 Å². The third-order valence-corrected chi connectivity index (χ3v) is 4.88. The van der Waals surface area contributed by atoms with Gasteiger partial charge in [-0.15, -0.1) is 0 Å². The standard InChI is InChI=1S/C26H24N2O3/c1-2-20-10-9-15-23(18-20)30-16-17-31-26(29)25-19-24(21-11-5-3-6-12-21)27-28(25)22-13-7-4-8-14-22/h3-15,18-19H,2,16-17H2,1H3. The van der Waals surface area contributed by atoms with E-state index in [1.807, 2.05) is 78.9 Å². The molecule has 0 spiro atoms. The molecule has 0 radical (unpaired) electrons. The van der Waals surface area contributed by atoms with Gasteiger partial charge in [0, 0.05) is 5.56 Å². The summed E-state index contributed by atoms with van der Waals surface area (Å²) in [4.78, 5) is 12.9. The van der Waals surface area contributed by atoms with Crippen molar-refractivity contribution in [3.05, 3.63) is 102 Å². The summed E-state index contributed by atoms with van der Waals surface area (Å²) in [6.07, 6.45) is 0.944. The lowest BCUT2D eigenvalue weighted by Gasteiger charge is -2.09. The van der Waals surface area contributed by atoms with Crippen LogP contribution in [0.3, 0.4) is 0 Å². The maximum atomic E-state index is 12.9. The second-order valence-electron chi connectivity index (χ2n) is 7.01.